The number of nitrogens with zero attached hydrogens (tertiary/aromatic N) is 4. The molecule has 5 rings (SSSR count). The molecule has 0 aliphatic rings. The van der Waals surface area contributed by atoms with Crippen molar-refractivity contribution in [2.24, 2.45) is 0 Å². The quantitative estimate of drug-likeness (QED) is 0.471. The van der Waals surface area contributed by atoms with Gasteiger partial charge in [-0.25, -0.2) is 0 Å². The van der Waals surface area contributed by atoms with Crippen LogP contribution in [0.15, 0.2) is 59.0 Å². The van der Waals surface area contributed by atoms with Crippen LogP contribution in [0.2, 0.25) is 0 Å². The van der Waals surface area contributed by atoms with Gasteiger partial charge in [0.2, 0.25) is 10.8 Å². The van der Waals surface area contributed by atoms with Crippen LogP contribution in [0.25, 0.3) is 27.5 Å². The Kier molecular flexibility index (Phi) is 3.46. The first-order valence-electron chi connectivity index (χ1n) is 8.17. The maximum Gasteiger partial charge on any atom is 0.235 e. The molecule has 0 spiro atoms. The Morgan fingerprint density at radius 1 is 1.04 bits per heavy atom. The van der Waals surface area contributed by atoms with Crippen LogP contribution in [0.4, 0.5) is 0 Å². The third kappa shape index (κ3) is 2.44. The second-order valence-corrected chi connectivity index (χ2v) is 6.91. The zero-order chi connectivity index (χ0) is 17.5. The summed E-state index contributed by atoms with van der Waals surface area (Å²) in [5.74, 6) is 2.11. The van der Waals surface area contributed by atoms with Crippen LogP contribution in [0.5, 0.6) is 5.75 Å². The van der Waals surface area contributed by atoms with Gasteiger partial charge < -0.3 is 9.15 Å². The lowest BCUT2D eigenvalue weighted by molar-refractivity contribution is 0.304. The van der Waals surface area contributed by atoms with Crippen molar-refractivity contribution in [2.45, 2.75) is 13.5 Å². The SMILES string of the molecule is Cc1c(-c2nnc3sc(COc4ccccc4)nn23)oc2ccccc12. The van der Waals surface area contributed by atoms with Gasteiger partial charge in [-0.15, -0.1) is 10.2 Å². The number of ether oxygens (including phenoxy) is 1. The summed E-state index contributed by atoms with van der Waals surface area (Å²) < 4.78 is 13.5. The summed E-state index contributed by atoms with van der Waals surface area (Å²) in [7, 11) is 0. The van der Waals surface area contributed by atoms with E-state index in [1.165, 1.54) is 11.3 Å². The number of rotatable bonds is 4. The molecule has 2 aromatic carbocycles. The van der Waals surface area contributed by atoms with E-state index in [4.69, 9.17) is 9.15 Å². The second-order valence-electron chi connectivity index (χ2n) is 5.87. The average Bonchev–Trinajstić information content (AvgIpc) is 3.34. The summed E-state index contributed by atoms with van der Waals surface area (Å²) in [5, 5.41) is 15.0. The van der Waals surface area contributed by atoms with Crippen molar-refractivity contribution in [3.05, 3.63) is 65.2 Å². The summed E-state index contributed by atoms with van der Waals surface area (Å²) in [6.45, 7) is 2.41. The number of para-hydroxylation sites is 2. The molecule has 6 nitrogen and oxygen atoms in total. The number of fused-ring (bicyclic) bond motifs is 2. The van der Waals surface area contributed by atoms with Crippen LogP contribution < -0.4 is 4.74 Å². The topological polar surface area (TPSA) is 65.5 Å². The van der Waals surface area contributed by atoms with Gasteiger partial charge in [-0.2, -0.15) is 9.61 Å². The lowest BCUT2D eigenvalue weighted by Gasteiger charge is -2.02. The highest BCUT2D eigenvalue weighted by molar-refractivity contribution is 7.16. The Bertz CT molecular complexity index is 1210. The van der Waals surface area contributed by atoms with Crippen molar-refractivity contribution in [2.75, 3.05) is 0 Å². The molecule has 0 N–H and O–H groups in total. The largest absolute Gasteiger partial charge is 0.486 e. The van der Waals surface area contributed by atoms with E-state index in [2.05, 4.69) is 15.3 Å². The average molecular weight is 362 g/mol. The molecule has 0 saturated heterocycles. The van der Waals surface area contributed by atoms with Crippen molar-refractivity contribution in [1.29, 1.82) is 0 Å². The van der Waals surface area contributed by atoms with Gasteiger partial charge in [0, 0.05) is 10.9 Å². The zero-order valence-corrected chi connectivity index (χ0v) is 14.7. The molecule has 0 bridgehead atoms. The van der Waals surface area contributed by atoms with E-state index in [1.807, 2.05) is 61.5 Å². The first kappa shape index (κ1) is 15.1. The minimum atomic E-state index is 0.386. The third-order valence-electron chi connectivity index (χ3n) is 4.19. The van der Waals surface area contributed by atoms with Gasteiger partial charge in [0.05, 0.1) is 0 Å². The fraction of sp³-hybridized carbons (Fsp3) is 0.105. The molecule has 3 aromatic heterocycles. The van der Waals surface area contributed by atoms with E-state index in [0.717, 1.165) is 27.3 Å². The lowest BCUT2D eigenvalue weighted by atomic mass is 10.1. The number of hydrogen-bond donors (Lipinski definition) is 0. The van der Waals surface area contributed by atoms with E-state index in [9.17, 15) is 0 Å². The monoisotopic (exact) mass is 362 g/mol. The molecular formula is C19H14N4O2S. The normalized spacial score (nSPS) is 11.4. The Labute approximate surface area is 152 Å². The van der Waals surface area contributed by atoms with Gasteiger partial charge in [0.1, 0.15) is 17.9 Å². The summed E-state index contributed by atoms with van der Waals surface area (Å²) in [4.78, 5) is 0.714. The minimum absolute atomic E-state index is 0.386. The molecule has 0 fully saturated rings. The smallest absolute Gasteiger partial charge is 0.235 e. The highest BCUT2D eigenvalue weighted by Crippen LogP contribution is 2.32. The maximum atomic E-state index is 6.00. The highest BCUT2D eigenvalue weighted by Gasteiger charge is 2.20. The predicted molar refractivity (Wildman–Crippen MR) is 99.4 cm³/mol. The summed E-state index contributed by atoms with van der Waals surface area (Å²) in [6, 6.07) is 17.6. The van der Waals surface area contributed by atoms with Crippen LogP contribution in [0.1, 0.15) is 10.6 Å². The molecule has 3 heterocycles. The van der Waals surface area contributed by atoms with Crippen molar-refractivity contribution in [1.82, 2.24) is 19.8 Å². The van der Waals surface area contributed by atoms with Crippen molar-refractivity contribution in [3.8, 4) is 17.3 Å². The van der Waals surface area contributed by atoms with Crippen molar-refractivity contribution in [3.63, 3.8) is 0 Å². The third-order valence-corrected chi connectivity index (χ3v) is 5.06. The first-order valence-corrected chi connectivity index (χ1v) is 8.99. The summed E-state index contributed by atoms with van der Waals surface area (Å²) >= 11 is 1.46. The van der Waals surface area contributed by atoms with Gasteiger partial charge in [-0.05, 0) is 25.1 Å². The fourth-order valence-electron chi connectivity index (χ4n) is 2.91. The Hall–Kier alpha value is -3.19. The number of aromatic nitrogens is 4. The molecule has 0 atom stereocenters. The van der Waals surface area contributed by atoms with Crippen LogP contribution in [0, 0.1) is 6.92 Å². The maximum absolute atomic E-state index is 6.00. The van der Waals surface area contributed by atoms with Gasteiger partial charge in [0.15, 0.2) is 10.8 Å². The van der Waals surface area contributed by atoms with E-state index in [-0.39, 0.29) is 0 Å². The van der Waals surface area contributed by atoms with Crippen LogP contribution >= 0.6 is 11.3 Å². The van der Waals surface area contributed by atoms with Crippen LogP contribution in [0.3, 0.4) is 0 Å². The Morgan fingerprint density at radius 3 is 2.69 bits per heavy atom. The molecular weight excluding hydrogens is 348 g/mol. The molecule has 0 amide bonds. The molecule has 26 heavy (non-hydrogen) atoms. The van der Waals surface area contributed by atoms with E-state index in [0.29, 0.717) is 23.2 Å². The van der Waals surface area contributed by atoms with Gasteiger partial charge in [0.25, 0.3) is 0 Å². The first-order chi connectivity index (χ1) is 12.8. The summed E-state index contributed by atoms with van der Waals surface area (Å²) in [6.07, 6.45) is 0. The zero-order valence-electron chi connectivity index (χ0n) is 13.9. The van der Waals surface area contributed by atoms with Crippen LogP contribution in [-0.2, 0) is 6.61 Å². The standard InChI is InChI=1S/C19H14N4O2S/c1-12-14-9-5-6-10-15(14)25-17(12)18-20-21-19-23(18)22-16(26-19)11-24-13-7-3-2-4-8-13/h2-10H,11H2,1H3. The highest BCUT2D eigenvalue weighted by atomic mass is 32.1. The molecule has 7 heteroatoms. The predicted octanol–water partition coefficient (Wildman–Crippen LogP) is 4.49. The van der Waals surface area contributed by atoms with Crippen molar-refractivity contribution >= 4 is 27.3 Å². The Morgan fingerprint density at radius 2 is 1.85 bits per heavy atom. The number of benzene rings is 2. The number of furan rings is 1. The minimum Gasteiger partial charge on any atom is -0.486 e. The van der Waals surface area contributed by atoms with Crippen molar-refractivity contribution < 1.29 is 9.15 Å². The molecule has 5 aromatic rings. The lowest BCUT2D eigenvalue weighted by Crippen LogP contribution is -1.97. The van der Waals surface area contributed by atoms with Gasteiger partial charge >= 0.3 is 0 Å². The number of hydrogen-bond acceptors (Lipinski definition) is 6. The molecule has 128 valence electrons. The van der Waals surface area contributed by atoms with E-state index >= 15 is 0 Å². The second kappa shape index (κ2) is 5.96. The fourth-order valence-corrected chi connectivity index (χ4v) is 3.65. The summed E-state index contributed by atoms with van der Waals surface area (Å²) in [5.41, 5.74) is 1.87. The molecule has 0 unspecified atom stereocenters. The van der Waals surface area contributed by atoms with Crippen LogP contribution in [-0.4, -0.2) is 19.8 Å². The van der Waals surface area contributed by atoms with E-state index < -0.39 is 0 Å². The molecule has 0 radical (unpaired) electrons. The van der Waals surface area contributed by atoms with E-state index in [1.54, 1.807) is 4.52 Å². The molecule has 0 aliphatic carbocycles. The number of aryl methyl sites for hydroxylation is 1. The Balaban J connectivity index is 1.51. The molecule has 0 aliphatic heterocycles. The molecule has 0 saturated carbocycles. The van der Waals surface area contributed by atoms with Gasteiger partial charge in [-0.3, -0.25) is 0 Å². The van der Waals surface area contributed by atoms with Gasteiger partial charge in [-0.1, -0.05) is 47.7 Å².